The number of aldehydes is 1. The van der Waals surface area contributed by atoms with Gasteiger partial charge in [0.05, 0.1) is 5.69 Å². The topological polar surface area (TPSA) is 53.8 Å². The van der Waals surface area contributed by atoms with E-state index in [9.17, 15) is 9.59 Å². The minimum atomic E-state index is -0.562. The average molecular weight is 272 g/mol. The van der Waals surface area contributed by atoms with Crippen molar-refractivity contribution in [2.24, 2.45) is 0 Å². The van der Waals surface area contributed by atoms with Crippen LogP contribution in [0.2, 0.25) is 0 Å². The fourth-order valence-electron chi connectivity index (χ4n) is 2.62. The molecule has 1 fully saturated rings. The Hall–Kier alpha value is -2.14. The Morgan fingerprint density at radius 1 is 1.15 bits per heavy atom. The predicted molar refractivity (Wildman–Crippen MR) is 77.6 cm³/mol. The van der Waals surface area contributed by atoms with Gasteiger partial charge in [-0.3, -0.25) is 4.79 Å². The molecule has 0 aliphatic carbocycles. The van der Waals surface area contributed by atoms with Gasteiger partial charge in [-0.2, -0.15) is 0 Å². The third-order valence-electron chi connectivity index (χ3n) is 3.76. The molecule has 0 atom stereocenters. The van der Waals surface area contributed by atoms with Crippen LogP contribution in [-0.4, -0.2) is 44.4 Å². The zero-order chi connectivity index (χ0) is 14.1. The molecule has 2 heterocycles. The van der Waals surface area contributed by atoms with Crippen molar-refractivity contribution in [3.8, 4) is 0 Å². The lowest BCUT2D eigenvalue weighted by molar-refractivity contribution is 0.112. The van der Waals surface area contributed by atoms with Crippen molar-refractivity contribution in [2.75, 3.05) is 38.1 Å². The lowest BCUT2D eigenvalue weighted by Crippen LogP contribution is -2.45. The molecule has 1 aliphatic rings. The molecule has 0 unspecified atom stereocenters. The summed E-state index contributed by atoms with van der Waals surface area (Å²) in [6.45, 7) is 3.41. The lowest BCUT2D eigenvalue weighted by atomic mass is 10.1. The van der Waals surface area contributed by atoms with Crippen LogP contribution in [-0.2, 0) is 0 Å². The summed E-state index contributed by atoms with van der Waals surface area (Å²) < 4.78 is 5.21. The first-order chi connectivity index (χ1) is 9.70. The standard InChI is InChI=1S/C15H16N2O3/c1-16-6-8-17(9-7-16)14-11-4-2-3-5-13(11)20-15(19)12(14)10-18/h2-5,10H,6-9H2,1H3. The van der Waals surface area contributed by atoms with E-state index >= 15 is 0 Å². The van der Waals surface area contributed by atoms with Crippen LogP contribution < -0.4 is 10.5 Å². The van der Waals surface area contributed by atoms with Crippen LogP contribution in [0.25, 0.3) is 11.0 Å². The van der Waals surface area contributed by atoms with Crippen LogP contribution in [0.4, 0.5) is 5.69 Å². The fourth-order valence-corrected chi connectivity index (χ4v) is 2.62. The molecule has 1 aromatic carbocycles. The van der Waals surface area contributed by atoms with Gasteiger partial charge in [-0.05, 0) is 19.2 Å². The molecule has 1 aliphatic heterocycles. The van der Waals surface area contributed by atoms with E-state index in [1.807, 2.05) is 18.2 Å². The van der Waals surface area contributed by atoms with E-state index in [0.29, 0.717) is 17.6 Å². The second kappa shape index (κ2) is 5.09. The summed E-state index contributed by atoms with van der Waals surface area (Å²) in [5, 5.41) is 0.818. The highest BCUT2D eigenvalue weighted by molar-refractivity contribution is 5.99. The Bertz CT molecular complexity index is 700. The van der Waals surface area contributed by atoms with Crippen molar-refractivity contribution >= 4 is 22.9 Å². The molecule has 0 radical (unpaired) electrons. The largest absolute Gasteiger partial charge is 0.422 e. The smallest absolute Gasteiger partial charge is 0.349 e. The van der Waals surface area contributed by atoms with E-state index in [-0.39, 0.29) is 5.56 Å². The summed E-state index contributed by atoms with van der Waals surface area (Å²) in [7, 11) is 2.06. The quantitative estimate of drug-likeness (QED) is 0.610. The summed E-state index contributed by atoms with van der Waals surface area (Å²) >= 11 is 0. The first kappa shape index (κ1) is 12.9. The molecule has 0 saturated carbocycles. The number of carbonyl (C=O) groups is 1. The van der Waals surface area contributed by atoms with Crippen molar-refractivity contribution in [3.63, 3.8) is 0 Å². The highest BCUT2D eigenvalue weighted by Crippen LogP contribution is 2.28. The van der Waals surface area contributed by atoms with Crippen molar-refractivity contribution in [3.05, 3.63) is 40.2 Å². The number of fused-ring (bicyclic) bond motifs is 1. The van der Waals surface area contributed by atoms with Crippen molar-refractivity contribution in [2.45, 2.75) is 0 Å². The van der Waals surface area contributed by atoms with Crippen LogP contribution in [0.5, 0.6) is 0 Å². The minimum Gasteiger partial charge on any atom is -0.422 e. The Balaban J connectivity index is 2.21. The highest BCUT2D eigenvalue weighted by atomic mass is 16.4. The van der Waals surface area contributed by atoms with E-state index in [0.717, 1.165) is 31.6 Å². The number of benzene rings is 1. The SMILES string of the molecule is CN1CCN(c2c(C=O)c(=O)oc3ccccc23)CC1. The van der Waals surface area contributed by atoms with Gasteiger partial charge in [-0.25, -0.2) is 4.79 Å². The molecular weight excluding hydrogens is 256 g/mol. The van der Waals surface area contributed by atoms with Gasteiger partial charge in [0, 0.05) is 31.6 Å². The molecule has 0 spiro atoms. The maximum atomic E-state index is 12.0. The number of para-hydroxylation sites is 1. The molecular formula is C15H16N2O3. The monoisotopic (exact) mass is 272 g/mol. The maximum absolute atomic E-state index is 12.0. The van der Waals surface area contributed by atoms with Crippen LogP contribution in [0, 0.1) is 0 Å². The number of piperazine rings is 1. The van der Waals surface area contributed by atoms with Gasteiger partial charge >= 0.3 is 5.63 Å². The summed E-state index contributed by atoms with van der Waals surface area (Å²) in [5.41, 5.74) is 0.790. The molecule has 104 valence electrons. The van der Waals surface area contributed by atoms with Crippen molar-refractivity contribution < 1.29 is 9.21 Å². The molecule has 3 rings (SSSR count). The van der Waals surface area contributed by atoms with E-state index in [1.165, 1.54) is 0 Å². The van der Waals surface area contributed by atoms with Gasteiger partial charge in [0.25, 0.3) is 0 Å². The van der Waals surface area contributed by atoms with E-state index < -0.39 is 5.63 Å². The average Bonchev–Trinajstić information content (AvgIpc) is 2.47. The van der Waals surface area contributed by atoms with E-state index in [2.05, 4.69) is 16.8 Å². The van der Waals surface area contributed by atoms with Gasteiger partial charge in [-0.1, -0.05) is 12.1 Å². The zero-order valence-corrected chi connectivity index (χ0v) is 11.3. The Labute approximate surface area is 116 Å². The summed E-state index contributed by atoms with van der Waals surface area (Å²) in [4.78, 5) is 27.6. The normalized spacial score (nSPS) is 16.6. The molecule has 5 heteroatoms. The molecule has 5 nitrogen and oxygen atoms in total. The Kier molecular flexibility index (Phi) is 3.28. The van der Waals surface area contributed by atoms with Gasteiger partial charge < -0.3 is 14.2 Å². The van der Waals surface area contributed by atoms with Gasteiger partial charge in [0.1, 0.15) is 11.1 Å². The highest BCUT2D eigenvalue weighted by Gasteiger charge is 2.22. The molecule has 0 bridgehead atoms. The second-order valence-corrected chi connectivity index (χ2v) is 5.06. The van der Waals surface area contributed by atoms with E-state index in [1.54, 1.807) is 6.07 Å². The van der Waals surface area contributed by atoms with Gasteiger partial charge in [0.15, 0.2) is 6.29 Å². The van der Waals surface area contributed by atoms with E-state index in [4.69, 9.17) is 4.42 Å². The van der Waals surface area contributed by atoms with Gasteiger partial charge in [0.2, 0.25) is 0 Å². The van der Waals surface area contributed by atoms with Crippen LogP contribution in [0.15, 0.2) is 33.5 Å². The molecule has 20 heavy (non-hydrogen) atoms. The number of hydrogen-bond donors (Lipinski definition) is 0. The Morgan fingerprint density at radius 3 is 2.55 bits per heavy atom. The number of nitrogens with zero attached hydrogens (tertiary/aromatic N) is 2. The van der Waals surface area contributed by atoms with Crippen LogP contribution in [0.1, 0.15) is 10.4 Å². The third-order valence-corrected chi connectivity index (χ3v) is 3.76. The summed E-state index contributed by atoms with van der Waals surface area (Å²) in [6.07, 6.45) is 0.603. The lowest BCUT2D eigenvalue weighted by Gasteiger charge is -2.34. The maximum Gasteiger partial charge on any atom is 0.349 e. The minimum absolute atomic E-state index is 0.119. The number of rotatable bonds is 2. The fraction of sp³-hybridized carbons (Fsp3) is 0.333. The molecule has 2 aromatic rings. The van der Waals surface area contributed by atoms with Gasteiger partial charge in [-0.15, -0.1) is 0 Å². The number of hydrogen-bond acceptors (Lipinski definition) is 5. The number of anilines is 1. The molecule has 0 amide bonds. The summed E-state index contributed by atoms with van der Waals surface area (Å²) in [6, 6.07) is 7.35. The van der Waals surface area contributed by atoms with Crippen molar-refractivity contribution in [1.82, 2.24) is 4.90 Å². The number of likely N-dealkylation sites (N-methyl/N-ethyl adjacent to an activating group) is 1. The van der Waals surface area contributed by atoms with Crippen LogP contribution >= 0.6 is 0 Å². The number of carbonyl (C=O) groups excluding carboxylic acids is 1. The first-order valence-electron chi connectivity index (χ1n) is 6.65. The molecule has 0 N–H and O–H groups in total. The molecule has 1 saturated heterocycles. The van der Waals surface area contributed by atoms with Crippen LogP contribution in [0.3, 0.4) is 0 Å². The second-order valence-electron chi connectivity index (χ2n) is 5.06. The first-order valence-corrected chi connectivity index (χ1v) is 6.65. The third kappa shape index (κ3) is 2.10. The summed E-state index contributed by atoms with van der Waals surface area (Å²) in [5.74, 6) is 0. The molecule has 1 aromatic heterocycles. The Morgan fingerprint density at radius 2 is 1.85 bits per heavy atom. The van der Waals surface area contributed by atoms with Crippen molar-refractivity contribution in [1.29, 1.82) is 0 Å². The zero-order valence-electron chi connectivity index (χ0n) is 11.3. The predicted octanol–water partition coefficient (Wildman–Crippen LogP) is 1.36.